The first kappa shape index (κ1) is 23.6. The Morgan fingerprint density at radius 2 is 1.77 bits per heavy atom. The minimum Gasteiger partial charge on any atom is -0.378 e. The number of nitrogens with zero attached hydrogens (tertiary/aromatic N) is 5. The third kappa shape index (κ3) is 4.85. The van der Waals surface area contributed by atoms with Crippen molar-refractivity contribution in [3.8, 4) is 0 Å². The normalized spacial score (nSPS) is 23.1. The fourth-order valence-electron chi connectivity index (χ4n) is 5.30. The number of carbonyl (C=O) groups excluding carboxylic acids is 2. The van der Waals surface area contributed by atoms with Crippen molar-refractivity contribution in [3.05, 3.63) is 47.3 Å². The number of aromatic nitrogens is 2. The number of amides is 2. The molecule has 0 aliphatic carbocycles. The van der Waals surface area contributed by atoms with E-state index in [9.17, 15) is 22.8 Å². The van der Waals surface area contributed by atoms with Crippen LogP contribution in [0.2, 0.25) is 0 Å². The van der Waals surface area contributed by atoms with Crippen molar-refractivity contribution in [2.24, 2.45) is 17.6 Å². The number of primary amides is 1. The molecule has 9 nitrogen and oxygen atoms in total. The first-order valence-corrected chi connectivity index (χ1v) is 11.6. The molecule has 4 heterocycles. The van der Waals surface area contributed by atoms with Crippen LogP contribution in [0.15, 0.2) is 30.6 Å². The number of hydrogen-bond acceptors (Lipinski definition) is 6. The van der Waals surface area contributed by atoms with Gasteiger partial charge in [-0.3, -0.25) is 9.69 Å². The lowest BCUT2D eigenvalue weighted by molar-refractivity contribution is -0.138. The van der Waals surface area contributed by atoms with Crippen LogP contribution >= 0.6 is 0 Å². The van der Waals surface area contributed by atoms with Gasteiger partial charge in [-0.25, -0.2) is 4.79 Å². The molecule has 5 rings (SSSR count). The van der Waals surface area contributed by atoms with Gasteiger partial charge in [0.25, 0.3) is 5.91 Å². The number of rotatable bonds is 4. The highest BCUT2D eigenvalue weighted by molar-refractivity contribution is 5.93. The predicted molar refractivity (Wildman–Crippen MR) is 120 cm³/mol. The summed E-state index contributed by atoms with van der Waals surface area (Å²) in [5.41, 5.74) is 5.60. The van der Waals surface area contributed by atoms with Gasteiger partial charge in [-0.2, -0.15) is 23.0 Å². The number of alkyl halides is 3. The smallest absolute Gasteiger partial charge is 0.378 e. The van der Waals surface area contributed by atoms with E-state index in [1.165, 1.54) is 18.5 Å². The van der Waals surface area contributed by atoms with Gasteiger partial charge in [0.15, 0.2) is 0 Å². The molecule has 1 aromatic heterocycles. The second-order valence-electron chi connectivity index (χ2n) is 9.38. The van der Waals surface area contributed by atoms with Crippen LogP contribution in [-0.2, 0) is 17.5 Å². The van der Waals surface area contributed by atoms with Crippen molar-refractivity contribution in [1.82, 2.24) is 19.6 Å². The highest BCUT2D eigenvalue weighted by Crippen LogP contribution is 2.37. The number of fused-ring (bicyclic) bond motifs is 1. The van der Waals surface area contributed by atoms with Crippen molar-refractivity contribution in [2.45, 2.75) is 12.7 Å². The summed E-state index contributed by atoms with van der Waals surface area (Å²) in [6.45, 7) is 4.58. The number of benzene rings is 1. The lowest BCUT2D eigenvalue weighted by atomic mass is 10.0. The SMILES string of the molecule is NC(=O)c1cnn(C(=O)N2CC3CN(Cc4ccc(N5CCOCC5)cc4C(F)(F)F)CC3C2)c1. The van der Waals surface area contributed by atoms with Gasteiger partial charge >= 0.3 is 12.2 Å². The molecule has 12 heteroatoms. The number of ether oxygens (including phenoxy) is 1. The Hall–Kier alpha value is -3.12. The molecular formula is C23H27F3N6O3. The maximum atomic E-state index is 13.9. The number of hydrogen-bond donors (Lipinski definition) is 1. The van der Waals surface area contributed by atoms with Gasteiger partial charge in [0.05, 0.1) is 30.5 Å². The van der Waals surface area contributed by atoms with Crippen molar-refractivity contribution in [1.29, 1.82) is 0 Å². The Morgan fingerprint density at radius 3 is 2.37 bits per heavy atom. The van der Waals surface area contributed by atoms with E-state index in [0.717, 1.165) is 4.68 Å². The summed E-state index contributed by atoms with van der Waals surface area (Å²) in [5, 5.41) is 3.92. The Bertz CT molecular complexity index is 1100. The zero-order chi connectivity index (χ0) is 24.7. The van der Waals surface area contributed by atoms with Crippen LogP contribution in [0.5, 0.6) is 0 Å². The van der Waals surface area contributed by atoms with Crippen LogP contribution < -0.4 is 10.6 Å². The molecule has 1 aromatic carbocycles. The third-order valence-corrected chi connectivity index (χ3v) is 7.06. The molecular weight excluding hydrogens is 465 g/mol. The number of carbonyl (C=O) groups is 2. The van der Waals surface area contributed by atoms with E-state index in [1.807, 2.05) is 9.80 Å². The molecule has 0 bridgehead atoms. The van der Waals surface area contributed by atoms with Crippen LogP contribution in [0, 0.1) is 11.8 Å². The fourth-order valence-corrected chi connectivity index (χ4v) is 5.30. The molecule has 188 valence electrons. The van der Waals surface area contributed by atoms with E-state index in [1.54, 1.807) is 17.0 Å². The topological polar surface area (TPSA) is 96.9 Å². The number of nitrogens with two attached hydrogens (primary N) is 1. The minimum absolute atomic E-state index is 0.157. The van der Waals surface area contributed by atoms with Crippen LogP contribution in [0.3, 0.4) is 0 Å². The van der Waals surface area contributed by atoms with E-state index in [-0.39, 0.29) is 35.5 Å². The van der Waals surface area contributed by atoms with Crippen molar-refractivity contribution >= 4 is 17.6 Å². The monoisotopic (exact) mass is 492 g/mol. The molecule has 0 saturated carbocycles. The summed E-state index contributed by atoms with van der Waals surface area (Å²) in [5.74, 6) is -0.312. The molecule has 2 N–H and O–H groups in total. The summed E-state index contributed by atoms with van der Waals surface area (Å²) < 4.78 is 48.1. The number of likely N-dealkylation sites (tertiary alicyclic amines) is 2. The summed E-state index contributed by atoms with van der Waals surface area (Å²) in [6, 6.07) is 4.27. The molecule has 2 aromatic rings. The maximum Gasteiger partial charge on any atom is 0.416 e. The van der Waals surface area contributed by atoms with Gasteiger partial charge in [-0.05, 0) is 29.5 Å². The molecule has 3 aliphatic heterocycles. The summed E-state index contributed by atoms with van der Waals surface area (Å²) in [7, 11) is 0. The van der Waals surface area contributed by atoms with Crippen molar-refractivity contribution in [3.63, 3.8) is 0 Å². The molecule has 2 amide bonds. The van der Waals surface area contributed by atoms with Gasteiger partial charge in [-0.1, -0.05) is 6.07 Å². The first-order chi connectivity index (χ1) is 16.7. The number of halogens is 3. The molecule has 0 spiro atoms. The quantitative estimate of drug-likeness (QED) is 0.700. The van der Waals surface area contributed by atoms with E-state index in [2.05, 4.69) is 5.10 Å². The van der Waals surface area contributed by atoms with E-state index < -0.39 is 17.6 Å². The van der Waals surface area contributed by atoms with Crippen molar-refractivity contribution in [2.75, 3.05) is 57.4 Å². The molecule has 3 aliphatic rings. The Morgan fingerprint density at radius 1 is 1.09 bits per heavy atom. The van der Waals surface area contributed by atoms with Crippen LogP contribution in [0.25, 0.3) is 0 Å². The van der Waals surface area contributed by atoms with Crippen LogP contribution in [-0.4, -0.2) is 84.0 Å². The van der Waals surface area contributed by atoms with Crippen LogP contribution in [0.4, 0.5) is 23.7 Å². The highest BCUT2D eigenvalue weighted by atomic mass is 19.4. The maximum absolute atomic E-state index is 13.9. The second kappa shape index (κ2) is 9.15. The van der Waals surface area contributed by atoms with Gasteiger partial charge in [-0.15, -0.1) is 0 Å². The predicted octanol–water partition coefficient (Wildman–Crippen LogP) is 1.87. The lowest BCUT2D eigenvalue weighted by Gasteiger charge is -2.30. The second-order valence-corrected chi connectivity index (χ2v) is 9.38. The Balaban J connectivity index is 1.23. The van der Waals surface area contributed by atoms with E-state index in [0.29, 0.717) is 58.2 Å². The lowest BCUT2D eigenvalue weighted by Crippen LogP contribution is -2.36. The summed E-state index contributed by atoms with van der Waals surface area (Å²) in [4.78, 5) is 29.6. The Kier molecular flexibility index (Phi) is 6.18. The summed E-state index contributed by atoms with van der Waals surface area (Å²) >= 11 is 0. The van der Waals surface area contributed by atoms with E-state index in [4.69, 9.17) is 10.5 Å². The fraction of sp³-hybridized carbons (Fsp3) is 0.522. The largest absolute Gasteiger partial charge is 0.416 e. The van der Waals surface area contributed by atoms with Gasteiger partial charge in [0.2, 0.25) is 0 Å². The molecule has 2 unspecified atom stereocenters. The first-order valence-electron chi connectivity index (χ1n) is 11.6. The zero-order valence-electron chi connectivity index (χ0n) is 19.1. The molecule has 3 fully saturated rings. The van der Waals surface area contributed by atoms with Crippen LogP contribution in [0.1, 0.15) is 21.5 Å². The summed E-state index contributed by atoms with van der Waals surface area (Å²) in [6.07, 6.45) is -1.88. The minimum atomic E-state index is -4.44. The van der Waals surface area contributed by atoms with E-state index >= 15 is 0 Å². The van der Waals surface area contributed by atoms with Crippen molar-refractivity contribution < 1.29 is 27.5 Å². The molecule has 0 radical (unpaired) electrons. The van der Waals surface area contributed by atoms with Gasteiger partial charge < -0.3 is 20.3 Å². The average molecular weight is 493 g/mol. The highest BCUT2D eigenvalue weighted by Gasteiger charge is 2.43. The standard InChI is InChI=1S/C23H27F3N6O3/c24-23(25,26)20-7-19(30-3-5-35-6-4-30)2-1-15(20)9-29-10-17-12-31(13-18(17)11-29)22(34)32-14-16(8-28-32)21(27)33/h1-2,7-8,14,17-18H,3-6,9-13H2,(H2,27,33). The third-order valence-electron chi connectivity index (χ3n) is 7.06. The number of anilines is 1. The van der Waals surface area contributed by atoms with Gasteiger partial charge in [0, 0.05) is 57.7 Å². The molecule has 3 saturated heterocycles. The zero-order valence-corrected chi connectivity index (χ0v) is 19.1. The Labute approximate surface area is 200 Å². The van der Waals surface area contributed by atoms with Gasteiger partial charge in [0.1, 0.15) is 0 Å². The molecule has 35 heavy (non-hydrogen) atoms. The molecule has 2 atom stereocenters. The average Bonchev–Trinajstić information content (AvgIpc) is 3.54. The number of morpholine rings is 1.